The SMILES string of the molecule is CCNc1cc(C(=O)NCCOCC)cc(CC)n1. The van der Waals surface area contributed by atoms with Crippen molar-refractivity contribution >= 4 is 11.7 Å². The molecule has 1 aromatic rings. The molecule has 5 heteroatoms. The fourth-order valence-electron chi connectivity index (χ4n) is 1.65. The highest BCUT2D eigenvalue weighted by molar-refractivity contribution is 5.95. The Hall–Kier alpha value is -1.62. The van der Waals surface area contributed by atoms with Crippen LogP contribution >= 0.6 is 0 Å². The highest BCUT2D eigenvalue weighted by atomic mass is 16.5. The Labute approximate surface area is 114 Å². The van der Waals surface area contributed by atoms with E-state index in [9.17, 15) is 4.79 Å². The van der Waals surface area contributed by atoms with Gasteiger partial charge >= 0.3 is 0 Å². The zero-order valence-corrected chi connectivity index (χ0v) is 12.0. The largest absolute Gasteiger partial charge is 0.380 e. The molecular weight excluding hydrogens is 242 g/mol. The summed E-state index contributed by atoms with van der Waals surface area (Å²) in [4.78, 5) is 16.4. The van der Waals surface area contributed by atoms with E-state index in [1.165, 1.54) is 0 Å². The summed E-state index contributed by atoms with van der Waals surface area (Å²) in [5, 5.41) is 5.97. The standard InChI is InChI=1S/C14H23N3O2/c1-4-12-9-11(10-13(17-12)15-5-2)14(18)16-7-8-19-6-3/h9-10H,4-8H2,1-3H3,(H,15,17)(H,16,18). The van der Waals surface area contributed by atoms with Crippen molar-refractivity contribution < 1.29 is 9.53 Å². The maximum absolute atomic E-state index is 12.0. The second kappa shape index (κ2) is 8.48. The molecule has 2 N–H and O–H groups in total. The first-order chi connectivity index (χ1) is 9.21. The summed E-state index contributed by atoms with van der Waals surface area (Å²) >= 11 is 0. The molecule has 19 heavy (non-hydrogen) atoms. The van der Waals surface area contributed by atoms with Crippen LogP contribution in [0, 0.1) is 0 Å². The first-order valence-corrected chi connectivity index (χ1v) is 6.82. The number of pyridine rings is 1. The van der Waals surface area contributed by atoms with Crippen LogP contribution in [0.3, 0.4) is 0 Å². The molecular formula is C14H23N3O2. The Bertz CT molecular complexity index is 408. The molecule has 0 unspecified atom stereocenters. The van der Waals surface area contributed by atoms with Crippen LogP contribution in [0.4, 0.5) is 5.82 Å². The molecule has 0 aliphatic rings. The lowest BCUT2D eigenvalue weighted by molar-refractivity contribution is 0.0922. The van der Waals surface area contributed by atoms with E-state index in [2.05, 4.69) is 15.6 Å². The van der Waals surface area contributed by atoms with E-state index in [0.29, 0.717) is 25.3 Å². The zero-order valence-electron chi connectivity index (χ0n) is 12.0. The van der Waals surface area contributed by atoms with Crippen molar-refractivity contribution in [2.75, 3.05) is 31.6 Å². The number of rotatable bonds is 8. The van der Waals surface area contributed by atoms with E-state index in [1.54, 1.807) is 6.07 Å². The lowest BCUT2D eigenvalue weighted by Crippen LogP contribution is -2.27. The van der Waals surface area contributed by atoms with Crippen LogP contribution in [-0.4, -0.2) is 37.2 Å². The van der Waals surface area contributed by atoms with E-state index >= 15 is 0 Å². The number of amides is 1. The lowest BCUT2D eigenvalue weighted by atomic mass is 10.2. The smallest absolute Gasteiger partial charge is 0.251 e. The Kier molecular flexibility index (Phi) is 6.89. The summed E-state index contributed by atoms with van der Waals surface area (Å²) in [7, 11) is 0. The van der Waals surface area contributed by atoms with E-state index in [0.717, 1.165) is 24.5 Å². The highest BCUT2D eigenvalue weighted by Gasteiger charge is 2.08. The van der Waals surface area contributed by atoms with Gasteiger partial charge < -0.3 is 15.4 Å². The number of carbonyl (C=O) groups is 1. The van der Waals surface area contributed by atoms with Gasteiger partial charge in [-0.1, -0.05) is 6.92 Å². The maximum Gasteiger partial charge on any atom is 0.251 e. The van der Waals surface area contributed by atoms with Crippen molar-refractivity contribution in [3.63, 3.8) is 0 Å². The number of anilines is 1. The zero-order chi connectivity index (χ0) is 14.1. The Morgan fingerprint density at radius 3 is 2.74 bits per heavy atom. The number of aromatic nitrogens is 1. The van der Waals surface area contributed by atoms with Crippen molar-refractivity contribution in [3.05, 3.63) is 23.4 Å². The number of ether oxygens (including phenoxy) is 1. The maximum atomic E-state index is 12.0. The molecule has 0 aliphatic heterocycles. The van der Waals surface area contributed by atoms with Gasteiger partial charge in [0.25, 0.3) is 5.91 Å². The third-order valence-electron chi connectivity index (χ3n) is 2.60. The third-order valence-corrected chi connectivity index (χ3v) is 2.60. The Morgan fingerprint density at radius 1 is 1.32 bits per heavy atom. The summed E-state index contributed by atoms with van der Waals surface area (Å²) in [5.41, 5.74) is 1.55. The van der Waals surface area contributed by atoms with Gasteiger partial charge in [-0.2, -0.15) is 0 Å². The van der Waals surface area contributed by atoms with Crippen LogP contribution in [-0.2, 0) is 11.2 Å². The predicted molar refractivity (Wildman–Crippen MR) is 76.6 cm³/mol. The third kappa shape index (κ3) is 5.26. The number of hydrogen-bond acceptors (Lipinski definition) is 4. The number of carbonyl (C=O) groups excluding carboxylic acids is 1. The van der Waals surface area contributed by atoms with Gasteiger partial charge in [-0.3, -0.25) is 4.79 Å². The second-order valence-corrected chi connectivity index (χ2v) is 4.07. The first-order valence-electron chi connectivity index (χ1n) is 6.82. The summed E-state index contributed by atoms with van der Waals surface area (Å²) in [6.07, 6.45) is 0.804. The molecule has 1 heterocycles. The van der Waals surface area contributed by atoms with Gasteiger partial charge in [-0.05, 0) is 32.4 Å². The minimum absolute atomic E-state index is 0.0871. The molecule has 1 aromatic heterocycles. The molecule has 0 saturated carbocycles. The van der Waals surface area contributed by atoms with Crippen LogP contribution in [0.2, 0.25) is 0 Å². The van der Waals surface area contributed by atoms with E-state index < -0.39 is 0 Å². The monoisotopic (exact) mass is 265 g/mol. The summed E-state index contributed by atoms with van der Waals surface area (Å²) in [6.45, 7) is 8.46. The minimum atomic E-state index is -0.0871. The van der Waals surface area contributed by atoms with Gasteiger partial charge in [0.15, 0.2) is 0 Å². The van der Waals surface area contributed by atoms with Gasteiger partial charge in [0.05, 0.1) is 6.61 Å². The van der Waals surface area contributed by atoms with Crippen LogP contribution in [0.5, 0.6) is 0 Å². The van der Waals surface area contributed by atoms with E-state index in [-0.39, 0.29) is 5.91 Å². The summed E-state index contributed by atoms with van der Waals surface area (Å²) < 4.78 is 5.19. The quantitative estimate of drug-likeness (QED) is 0.704. The average Bonchev–Trinajstić information content (AvgIpc) is 2.43. The summed E-state index contributed by atoms with van der Waals surface area (Å²) in [5.74, 6) is 0.660. The molecule has 106 valence electrons. The molecule has 0 aliphatic carbocycles. The highest BCUT2D eigenvalue weighted by Crippen LogP contribution is 2.11. The van der Waals surface area contributed by atoms with Crippen molar-refractivity contribution in [1.29, 1.82) is 0 Å². The Balaban J connectivity index is 2.69. The molecule has 1 rings (SSSR count). The van der Waals surface area contributed by atoms with E-state index in [1.807, 2.05) is 26.8 Å². The van der Waals surface area contributed by atoms with Crippen LogP contribution in [0.1, 0.15) is 36.8 Å². The lowest BCUT2D eigenvalue weighted by Gasteiger charge is -2.09. The van der Waals surface area contributed by atoms with Gasteiger partial charge in [0.1, 0.15) is 5.82 Å². The van der Waals surface area contributed by atoms with Gasteiger partial charge in [-0.25, -0.2) is 4.98 Å². The van der Waals surface area contributed by atoms with Crippen LogP contribution < -0.4 is 10.6 Å². The molecule has 0 bridgehead atoms. The number of aryl methyl sites for hydroxylation is 1. The molecule has 0 aromatic carbocycles. The van der Waals surface area contributed by atoms with Gasteiger partial charge in [0, 0.05) is 31.0 Å². The molecule has 5 nitrogen and oxygen atoms in total. The van der Waals surface area contributed by atoms with Crippen molar-refractivity contribution in [1.82, 2.24) is 10.3 Å². The van der Waals surface area contributed by atoms with Crippen molar-refractivity contribution in [3.8, 4) is 0 Å². The topological polar surface area (TPSA) is 63.2 Å². The number of hydrogen-bond donors (Lipinski definition) is 2. The predicted octanol–water partition coefficient (Wildman–Crippen LogP) is 1.84. The first kappa shape index (κ1) is 15.4. The Morgan fingerprint density at radius 2 is 2.11 bits per heavy atom. The molecule has 1 amide bonds. The molecule has 0 spiro atoms. The van der Waals surface area contributed by atoms with Crippen molar-refractivity contribution in [2.45, 2.75) is 27.2 Å². The fraction of sp³-hybridized carbons (Fsp3) is 0.571. The van der Waals surface area contributed by atoms with E-state index in [4.69, 9.17) is 4.74 Å². The number of nitrogens with one attached hydrogen (secondary N) is 2. The van der Waals surface area contributed by atoms with Crippen molar-refractivity contribution in [2.24, 2.45) is 0 Å². The molecule has 0 atom stereocenters. The fourth-order valence-corrected chi connectivity index (χ4v) is 1.65. The van der Waals surface area contributed by atoms with Crippen LogP contribution in [0.15, 0.2) is 12.1 Å². The molecule has 0 fully saturated rings. The van der Waals surface area contributed by atoms with Crippen LogP contribution in [0.25, 0.3) is 0 Å². The molecule has 0 saturated heterocycles. The normalized spacial score (nSPS) is 10.3. The number of nitrogens with zero attached hydrogens (tertiary/aromatic N) is 1. The second-order valence-electron chi connectivity index (χ2n) is 4.07. The van der Waals surface area contributed by atoms with Gasteiger partial charge in [0.2, 0.25) is 0 Å². The van der Waals surface area contributed by atoms with Gasteiger partial charge in [-0.15, -0.1) is 0 Å². The average molecular weight is 265 g/mol. The minimum Gasteiger partial charge on any atom is -0.380 e. The summed E-state index contributed by atoms with van der Waals surface area (Å²) in [6, 6.07) is 3.61. The molecule has 0 radical (unpaired) electrons.